The summed E-state index contributed by atoms with van der Waals surface area (Å²) in [6.07, 6.45) is -5.32. The summed E-state index contributed by atoms with van der Waals surface area (Å²) in [6.45, 7) is 6.45. The Balaban J connectivity index is 2.53. The van der Waals surface area contributed by atoms with Crippen molar-refractivity contribution in [3.05, 3.63) is 0 Å². The topological polar surface area (TPSA) is 39.2 Å². The van der Waals surface area contributed by atoms with Crippen LogP contribution in [0, 0.1) is 0 Å². The summed E-state index contributed by atoms with van der Waals surface area (Å²) in [5.41, 5.74) is -0.0319. The SMILES string of the molecule is CCN(CC(=O)N1CCN(C)CC1)/N=C(\C)CC(F)(F)F. The fourth-order valence-electron chi connectivity index (χ4n) is 2.10. The second-order valence-electron chi connectivity index (χ2n) is 5.29. The van der Waals surface area contributed by atoms with Crippen LogP contribution in [0.4, 0.5) is 13.2 Å². The highest BCUT2D eigenvalue weighted by molar-refractivity contribution is 5.83. The predicted molar refractivity (Wildman–Crippen MR) is 75.1 cm³/mol. The molecule has 1 amide bonds. The van der Waals surface area contributed by atoms with Crippen molar-refractivity contribution in [1.29, 1.82) is 0 Å². The molecule has 0 aromatic carbocycles. The van der Waals surface area contributed by atoms with Crippen molar-refractivity contribution in [2.75, 3.05) is 46.3 Å². The number of piperazine rings is 1. The quantitative estimate of drug-likeness (QED) is 0.569. The highest BCUT2D eigenvalue weighted by Gasteiger charge is 2.28. The molecule has 0 saturated carbocycles. The van der Waals surface area contributed by atoms with E-state index in [-0.39, 0.29) is 18.2 Å². The van der Waals surface area contributed by atoms with Crippen molar-refractivity contribution in [2.24, 2.45) is 5.10 Å². The largest absolute Gasteiger partial charge is 0.394 e. The Bertz CT molecular complexity index is 376. The summed E-state index contributed by atoms with van der Waals surface area (Å²) in [7, 11) is 1.99. The molecule has 0 bridgehead atoms. The molecule has 0 radical (unpaired) electrons. The van der Waals surface area contributed by atoms with Crippen molar-refractivity contribution in [3.8, 4) is 0 Å². The minimum atomic E-state index is -4.27. The number of hydrogen-bond donors (Lipinski definition) is 0. The molecule has 5 nitrogen and oxygen atoms in total. The first kappa shape index (κ1) is 17.7. The summed E-state index contributed by atoms with van der Waals surface area (Å²) in [4.78, 5) is 16.0. The van der Waals surface area contributed by atoms with Crippen LogP contribution in [0.1, 0.15) is 20.3 Å². The first-order valence-corrected chi connectivity index (χ1v) is 7.03. The zero-order valence-corrected chi connectivity index (χ0v) is 12.8. The van der Waals surface area contributed by atoms with Gasteiger partial charge in [0.05, 0.1) is 6.42 Å². The van der Waals surface area contributed by atoms with Gasteiger partial charge >= 0.3 is 6.18 Å². The van der Waals surface area contributed by atoms with E-state index in [0.717, 1.165) is 13.1 Å². The van der Waals surface area contributed by atoms with Gasteiger partial charge in [-0.15, -0.1) is 0 Å². The molecule has 0 aromatic heterocycles. The minimum Gasteiger partial charge on any atom is -0.339 e. The molecule has 0 N–H and O–H groups in total. The Labute approximate surface area is 123 Å². The molecular weight excluding hydrogens is 285 g/mol. The van der Waals surface area contributed by atoms with E-state index in [1.54, 1.807) is 11.8 Å². The van der Waals surface area contributed by atoms with Crippen LogP contribution in [0.25, 0.3) is 0 Å². The normalized spacial score (nSPS) is 18.0. The van der Waals surface area contributed by atoms with Crippen molar-refractivity contribution in [2.45, 2.75) is 26.4 Å². The van der Waals surface area contributed by atoms with E-state index in [1.165, 1.54) is 11.9 Å². The molecule has 122 valence electrons. The molecule has 0 atom stereocenters. The third-order valence-corrected chi connectivity index (χ3v) is 3.31. The second kappa shape index (κ2) is 7.63. The minimum absolute atomic E-state index is 0.0232. The highest BCUT2D eigenvalue weighted by Crippen LogP contribution is 2.20. The first-order chi connectivity index (χ1) is 9.71. The molecule has 1 fully saturated rings. The van der Waals surface area contributed by atoms with Crippen LogP contribution >= 0.6 is 0 Å². The van der Waals surface area contributed by atoms with Gasteiger partial charge in [-0.3, -0.25) is 9.80 Å². The van der Waals surface area contributed by atoms with E-state index in [0.29, 0.717) is 19.6 Å². The molecule has 21 heavy (non-hydrogen) atoms. The number of carbonyl (C=O) groups excluding carboxylic acids is 1. The third kappa shape index (κ3) is 6.79. The van der Waals surface area contributed by atoms with Crippen molar-refractivity contribution in [3.63, 3.8) is 0 Å². The van der Waals surface area contributed by atoms with Crippen molar-refractivity contribution < 1.29 is 18.0 Å². The molecule has 0 spiro atoms. The van der Waals surface area contributed by atoms with Crippen LogP contribution in [-0.2, 0) is 4.79 Å². The highest BCUT2D eigenvalue weighted by atomic mass is 19.4. The lowest BCUT2D eigenvalue weighted by atomic mass is 10.3. The molecule has 1 saturated heterocycles. The second-order valence-corrected chi connectivity index (χ2v) is 5.29. The number of halogens is 3. The molecule has 1 rings (SSSR count). The lowest BCUT2D eigenvalue weighted by Gasteiger charge is -2.33. The summed E-state index contributed by atoms with van der Waals surface area (Å²) < 4.78 is 36.8. The number of rotatable bonds is 5. The van der Waals surface area contributed by atoms with Gasteiger partial charge in [-0.1, -0.05) is 0 Å². The van der Waals surface area contributed by atoms with E-state index >= 15 is 0 Å². The molecular formula is C13H23F3N4O. The Morgan fingerprint density at radius 1 is 1.24 bits per heavy atom. The van der Waals surface area contributed by atoms with Crippen LogP contribution in [-0.4, -0.2) is 78.9 Å². The maximum absolute atomic E-state index is 12.3. The zero-order valence-electron chi connectivity index (χ0n) is 12.8. The Kier molecular flexibility index (Phi) is 6.44. The molecule has 0 aromatic rings. The fraction of sp³-hybridized carbons (Fsp3) is 0.846. The molecule has 1 aliphatic heterocycles. The summed E-state index contributed by atoms with van der Waals surface area (Å²) in [5, 5.41) is 5.29. The monoisotopic (exact) mass is 308 g/mol. The van der Waals surface area contributed by atoms with Gasteiger partial charge in [0.15, 0.2) is 0 Å². The van der Waals surface area contributed by atoms with Gasteiger partial charge in [-0.2, -0.15) is 18.3 Å². The maximum Gasteiger partial charge on any atom is 0.394 e. The Morgan fingerprint density at radius 2 is 1.81 bits per heavy atom. The first-order valence-electron chi connectivity index (χ1n) is 7.03. The van der Waals surface area contributed by atoms with Gasteiger partial charge in [-0.25, -0.2) is 0 Å². The van der Waals surface area contributed by atoms with Gasteiger partial charge in [0.1, 0.15) is 6.54 Å². The number of alkyl halides is 3. The van der Waals surface area contributed by atoms with Crippen LogP contribution in [0.15, 0.2) is 5.10 Å². The van der Waals surface area contributed by atoms with E-state index in [2.05, 4.69) is 10.0 Å². The molecule has 8 heteroatoms. The van der Waals surface area contributed by atoms with E-state index in [1.807, 2.05) is 7.05 Å². The number of hydrogen-bond acceptors (Lipinski definition) is 4. The Hall–Kier alpha value is -1.31. The van der Waals surface area contributed by atoms with Crippen LogP contribution < -0.4 is 0 Å². The molecule has 0 unspecified atom stereocenters. The average Bonchev–Trinajstić information content (AvgIpc) is 2.36. The lowest BCUT2D eigenvalue weighted by Crippen LogP contribution is -2.49. The molecule has 1 heterocycles. The van der Waals surface area contributed by atoms with Gasteiger partial charge in [-0.05, 0) is 20.9 Å². The van der Waals surface area contributed by atoms with Crippen molar-refractivity contribution in [1.82, 2.24) is 14.8 Å². The van der Waals surface area contributed by atoms with Gasteiger partial charge < -0.3 is 9.80 Å². The van der Waals surface area contributed by atoms with Crippen molar-refractivity contribution >= 4 is 11.6 Å². The zero-order chi connectivity index (χ0) is 16.0. The molecule has 0 aliphatic carbocycles. The number of likely N-dealkylation sites (N-methyl/N-ethyl adjacent to an activating group) is 2. The number of amides is 1. The van der Waals surface area contributed by atoms with E-state index in [9.17, 15) is 18.0 Å². The Morgan fingerprint density at radius 3 is 2.29 bits per heavy atom. The van der Waals surface area contributed by atoms with Gasteiger partial charge in [0.2, 0.25) is 5.91 Å². The van der Waals surface area contributed by atoms with Crippen LogP contribution in [0.5, 0.6) is 0 Å². The van der Waals surface area contributed by atoms with Crippen LogP contribution in [0.2, 0.25) is 0 Å². The predicted octanol–water partition coefficient (Wildman–Crippen LogP) is 1.41. The fourth-order valence-corrected chi connectivity index (χ4v) is 2.10. The standard InChI is InChI=1S/C13H23F3N4O/c1-4-20(17-11(2)9-13(14,15)16)10-12(21)19-7-5-18(3)6-8-19/h4-10H2,1-3H3/b17-11+. The van der Waals surface area contributed by atoms with E-state index < -0.39 is 12.6 Å². The van der Waals surface area contributed by atoms with Crippen LogP contribution in [0.3, 0.4) is 0 Å². The summed E-state index contributed by atoms with van der Waals surface area (Å²) >= 11 is 0. The lowest BCUT2D eigenvalue weighted by molar-refractivity contribution is -0.133. The van der Waals surface area contributed by atoms with Gasteiger partial charge in [0, 0.05) is 38.4 Å². The molecule has 1 aliphatic rings. The maximum atomic E-state index is 12.3. The number of hydrazone groups is 1. The number of carbonyl (C=O) groups is 1. The average molecular weight is 308 g/mol. The summed E-state index contributed by atoms with van der Waals surface area (Å²) in [6, 6.07) is 0. The van der Waals surface area contributed by atoms with E-state index in [4.69, 9.17) is 0 Å². The summed E-state index contributed by atoms with van der Waals surface area (Å²) in [5.74, 6) is -0.0893. The smallest absolute Gasteiger partial charge is 0.339 e. The van der Waals surface area contributed by atoms with Gasteiger partial charge in [0.25, 0.3) is 0 Å². The third-order valence-electron chi connectivity index (χ3n) is 3.31. The number of nitrogens with zero attached hydrogens (tertiary/aromatic N) is 4.